The van der Waals surface area contributed by atoms with Crippen LogP contribution in [0.15, 0.2) is 48.0 Å². The number of amides is 1. The van der Waals surface area contributed by atoms with Crippen molar-refractivity contribution in [3.63, 3.8) is 0 Å². The minimum absolute atomic E-state index is 0.0591. The van der Waals surface area contributed by atoms with E-state index in [9.17, 15) is 14.7 Å². The summed E-state index contributed by atoms with van der Waals surface area (Å²) in [5, 5.41) is 11.3. The summed E-state index contributed by atoms with van der Waals surface area (Å²) in [5.41, 5.74) is 2.23. The number of hydrogen-bond acceptors (Lipinski definition) is 5. The van der Waals surface area contributed by atoms with E-state index in [0.717, 1.165) is 11.1 Å². The van der Waals surface area contributed by atoms with Crippen molar-refractivity contribution >= 4 is 29.1 Å². The van der Waals surface area contributed by atoms with Gasteiger partial charge in [-0.25, -0.2) is 0 Å². The first kappa shape index (κ1) is 21.9. The minimum atomic E-state index is -0.705. The van der Waals surface area contributed by atoms with Crippen molar-refractivity contribution < 1.29 is 19.4 Å². The van der Waals surface area contributed by atoms with E-state index in [2.05, 4.69) is 0 Å². The van der Waals surface area contributed by atoms with E-state index < -0.39 is 17.7 Å². The summed E-state index contributed by atoms with van der Waals surface area (Å²) in [6.45, 7) is 2.91. The molecule has 158 valence electrons. The molecular weight excluding hydrogens is 404 g/mol. The zero-order valence-corrected chi connectivity index (χ0v) is 18.2. The lowest BCUT2D eigenvalue weighted by molar-refractivity contribution is -0.140. The van der Waals surface area contributed by atoms with Gasteiger partial charge in [-0.2, -0.15) is 0 Å². The predicted octanol–water partition coefficient (Wildman–Crippen LogP) is 3.64. The number of hydrogen-bond donors (Lipinski definition) is 1. The molecule has 2 aromatic carbocycles. The van der Waals surface area contributed by atoms with Crippen LogP contribution in [0.1, 0.15) is 22.7 Å². The molecule has 0 radical (unpaired) electrons. The van der Waals surface area contributed by atoms with Crippen LogP contribution in [0.3, 0.4) is 0 Å². The third-order valence-electron chi connectivity index (χ3n) is 5.15. The molecule has 1 aliphatic heterocycles. The topological polar surface area (TPSA) is 70.1 Å². The van der Waals surface area contributed by atoms with Crippen LogP contribution in [0, 0.1) is 6.92 Å². The number of methoxy groups -OCH3 is 1. The van der Waals surface area contributed by atoms with E-state index in [1.54, 1.807) is 12.1 Å². The quantitative estimate of drug-likeness (QED) is 0.432. The average Bonchev–Trinajstić information content (AvgIpc) is 2.96. The first-order valence-electron chi connectivity index (χ1n) is 9.58. The Morgan fingerprint density at radius 1 is 1.17 bits per heavy atom. The zero-order valence-electron chi connectivity index (χ0n) is 17.5. The van der Waals surface area contributed by atoms with Crippen LogP contribution in [0.4, 0.5) is 0 Å². The fourth-order valence-electron chi connectivity index (χ4n) is 3.48. The lowest BCUT2D eigenvalue weighted by Crippen LogP contribution is -2.35. The molecule has 0 unspecified atom stereocenters. The molecule has 1 amide bonds. The number of carbonyl (C=O) groups excluding carboxylic acids is 2. The molecule has 6 nitrogen and oxygen atoms in total. The summed E-state index contributed by atoms with van der Waals surface area (Å²) in [7, 11) is 5.29. The number of nitrogens with zero attached hydrogens (tertiary/aromatic N) is 2. The summed E-state index contributed by atoms with van der Waals surface area (Å²) in [5.74, 6) is -1.13. The molecule has 7 heteroatoms. The van der Waals surface area contributed by atoms with Crippen molar-refractivity contribution in [2.75, 3.05) is 34.3 Å². The van der Waals surface area contributed by atoms with E-state index >= 15 is 0 Å². The number of halogens is 1. The summed E-state index contributed by atoms with van der Waals surface area (Å²) in [6, 6.07) is 11.7. The van der Waals surface area contributed by atoms with Crippen molar-refractivity contribution in [1.29, 1.82) is 0 Å². The fraction of sp³-hybridized carbons (Fsp3) is 0.304. The Kier molecular flexibility index (Phi) is 6.48. The molecule has 0 aliphatic carbocycles. The first-order valence-corrected chi connectivity index (χ1v) is 9.96. The maximum atomic E-state index is 13.0. The normalized spacial score (nSPS) is 18.3. The van der Waals surface area contributed by atoms with Crippen LogP contribution in [0.5, 0.6) is 5.75 Å². The second-order valence-electron chi connectivity index (χ2n) is 7.56. The predicted molar refractivity (Wildman–Crippen MR) is 117 cm³/mol. The van der Waals surface area contributed by atoms with Crippen LogP contribution in [0.2, 0.25) is 5.02 Å². The van der Waals surface area contributed by atoms with E-state index in [0.29, 0.717) is 29.4 Å². The molecule has 1 atom stereocenters. The van der Waals surface area contributed by atoms with Crippen LogP contribution in [-0.2, 0) is 9.59 Å². The maximum absolute atomic E-state index is 13.0. The Balaban J connectivity index is 2.14. The number of carbonyl (C=O) groups is 2. The van der Waals surface area contributed by atoms with Gasteiger partial charge < -0.3 is 19.6 Å². The molecule has 30 heavy (non-hydrogen) atoms. The summed E-state index contributed by atoms with van der Waals surface area (Å²) < 4.78 is 5.15. The number of rotatable bonds is 6. The SMILES string of the molecule is COc1ccc(/C(O)=C2/C(=O)C(=O)N(CCN(C)C)[C@H]2c2ccc(C)cc2)cc1Cl. The lowest BCUT2D eigenvalue weighted by atomic mass is 9.94. The second-order valence-corrected chi connectivity index (χ2v) is 7.96. The minimum Gasteiger partial charge on any atom is -0.507 e. The Morgan fingerprint density at radius 3 is 2.40 bits per heavy atom. The van der Waals surface area contributed by atoms with Crippen molar-refractivity contribution in [1.82, 2.24) is 9.80 Å². The first-order chi connectivity index (χ1) is 14.2. The summed E-state index contributed by atoms with van der Waals surface area (Å²) in [6.07, 6.45) is 0. The highest BCUT2D eigenvalue weighted by Gasteiger charge is 2.45. The Morgan fingerprint density at radius 2 is 1.83 bits per heavy atom. The smallest absolute Gasteiger partial charge is 0.295 e. The molecule has 1 N–H and O–H groups in total. The van der Waals surface area contributed by atoms with Crippen molar-refractivity contribution in [2.24, 2.45) is 0 Å². The third kappa shape index (κ3) is 4.20. The molecule has 2 aromatic rings. The van der Waals surface area contributed by atoms with E-state index in [1.807, 2.05) is 50.2 Å². The molecule has 0 aromatic heterocycles. The summed E-state index contributed by atoms with van der Waals surface area (Å²) in [4.78, 5) is 29.3. The molecule has 3 rings (SSSR count). The molecule has 0 spiro atoms. The van der Waals surface area contributed by atoms with Gasteiger partial charge in [-0.15, -0.1) is 0 Å². The molecular formula is C23H25ClN2O4. The zero-order chi connectivity index (χ0) is 22.0. The van der Waals surface area contributed by atoms with Crippen LogP contribution in [0.25, 0.3) is 5.76 Å². The maximum Gasteiger partial charge on any atom is 0.295 e. The van der Waals surface area contributed by atoms with Gasteiger partial charge >= 0.3 is 0 Å². The number of likely N-dealkylation sites (N-methyl/N-ethyl adjacent to an activating group) is 1. The van der Waals surface area contributed by atoms with Gasteiger partial charge in [-0.1, -0.05) is 41.4 Å². The Hall–Kier alpha value is -2.83. The highest BCUT2D eigenvalue weighted by atomic mass is 35.5. The molecule has 0 bridgehead atoms. The van der Waals surface area contributed by atoms with Crippen molar-refractivity contribution in [3.8, 4) is 5.75 Å². The van der Waals surface area contributed by atoms with E-state index in [1.165, 1.54) is 18.1 Å². The largest absolute Gasteiger partial charge is 0.507 e. The van der Waals surface area contributed by atoms with Crippen LogP contribution < -0.4 is 4.74 Å². The standard InChI is InChI=1S/C23H25ClN2O4/c1-14-5-7-15(8-6-14)20-19(22(28)23(29)26(20)12-11-25(2)3)21(27)16-9-10-18(30-4)17(24)13-16/h5-10,13,20,27H,11-12H2,1-4H3/b21-19-/t20-/m0/s1. The number of aliphatic hydroxyl groups is 1. The van der Waals surface area contributed by atoms with Gasteiger partial charge in [0.05, 0.1) is 23.7 Å². The summed E-state index contributed by atoms with van der Waals surface area (Å²) >= 11 is 6.20. The number of aliphatic hydroxyl groups excluding tert-OH is 1. The molecule has 0 saturated carbocycles. The van der Waals surface area contributed by atoms with Gasteiger partial charge in [0.2, 0.25) is 0 Å². The van der Waals surface area contributed by atoms with Crippen molar-refractivity contribution in [2.45, 2.75) is 13.0 Å². The van der Waals surface area contributed by atoms with Gasteiger partial charge in [0.1, 0.15) is 11.5 Å². The highest BCUT2D eigenvalue weighted by Crippen LogP contribution is 2.40. The third-order valence-corrected chi connectivity index (χ3v) is 5.44. The molecule has 1 fully saturated rings. The van der Waals surface area contributed by atoms with Crippen molar-refractivity contribution in [3.05, 3.63) is 69.8 Å². The van der Waals surface area contributed by atoms with Gasteiger partial charge in [-0.05, 0) is 44.8 Å². The van der Waals surface area contributed by atoms with Gasteiger partial charge in [-0.3, -0.25) is 9.59 Å². The number of ketones is 1. The number of likely N-dealkylation sites (tertiary alicyclic amines) is 1. The molecule has 1 heterocycles. The number of aryl methyl sites for hydroxylation is 1. The Labute approximate surface area is 181 Å². The number of Topliss-reactive ketones (excluding diaryl/α,β-unsaturated/α-hetero) is 1. The van der Waals surface area contributed by atoms with E-state index in [4.69, 9.17) is 16.3 Å². The van der Waals surface area contributed by atoms with Gasteiger partial charge in [0.25, 0.3) is 11.7 Å². The molecule has 1 saturated heterocycles. The number of benzene rings is 2. The number of ether oxygens (including phenoxy) is 1. The Bertz CT molecular complexity index is 999. The van der Waals surface area contributed by atoms with Gasteiger partial charge in [0, 0.05) is 18.7 Å². The fourth-order valence-corrected chi connectivity index (χ4v) is 3.74. The average molecular weight is 429 g/mol. The monoisotopic (exact) mass is 428 g/mol. The van der Waals surface area contributed by atoms with Crippen LogP contribution in [-0.4, -0.2) is 60.9 Å². The van der Waals surface area contributed by atoms with Crippen LogP contribution >= 0.6 is 11.6 Å². The lowest BCUT2D eigenvalue weighted by Gasteiger charge is -2.26. The van der Waals surface area contributed by atoms with Gasteiger partial charge in [0.15, 0.2) is 0 Å². The highest BCUT2D eigenvalue weighted by molar-refractivity contribution is 6.46. The molecule has 1 aliphatic rings. The van der Waals surface area contributed by atoms with E-state index in [-0.39, 0.29) is 11.3 Å². The second kappa shape index (κ2) is 8.90.